The summed E-state index contributed by atoms with van der Waals surface area (Å²) in [5.41, 5.74) is 0.118. The Hall–Kier alpha value is -1.22. The Morgan fingerprint density at radius 1 is 1.44 bits per heavy atom. The van der Waals surface area contributed by atoms with Gasteiger partial charge in [-0.2, -0.15) is 0 Å². The minimum atomic E-state index is -0.752. The van der Waals surface area contributed by atoms with Crippen LogP contribution in [0.2, 0.25) is 5.02 Å². The first-order valence-corrected chi connectivity index (χ1v) is 6.66. The minimum Gasteiger partial charge on any atom is -0.492 e. The number of aliphatic carboxylic acids is 1. The van der Waals surface area contributed by atoms with Crippen molar-refractivity contribution in [2.75, 3.05) is 6.61 Å². The molecule has 0 saturated heterocycles. The standard InChI is InChI=1S/C14H15ClO3/c15-11-4-3-10(14(5-6-14)13(16)17)7-12(11)18-8-9-1-2-9/h3-4,7,9H,1-2,5-6,8H2,(H,16,17). The quantitative estimate of drug-likeness (QED) is 0.890. The topological polar surface area (TPSA) is 46.5 Å². The van der Waals surface area contributed by atoms with E-state index in [2.05, 4.69) is 0 Å². The SMILES string of the molecule is O=C(O)C1(c2ccc(Cl)c(OCC3CC3)c2)CC1. The molecule has 96 valence electrons. The lowest BCUT2D eigenvalue weighted by molar-refractivity contribution is -0.140. The molecule has 0 amide bonds. The van der Waals surface area contributed by atoms with E-state index in [9.17, 15) is 9.90 Å². The van der Waals surface area contributed by atoms with Crippen LogP contribution in [0.5, 0.6) is 5.75 Å². The minimum absolute atomic E-state index is 0.556. The van der Waals surface area contributed by atoms with Crippen LogP contribution in [0.1, 0.15) is 31.2 Å². The van der Waals surface area contributed by atoms with E-state index in [0.29, 0.717) is 36.1 Å². The Morgan fingerprint density at radius 3 is 2.72 bits per heavy atom. The first-order valence-electron chi connectivity index (χ1n) is 6.28. The molecule has 3 nitrogen and oxygen atoms in total. The lowest BCUT2D eigenvalue weighted by Gasteiger charge is -2.13. The Bertz CT molecular complexity index is 490. The molecule has 0 heterocycles. The molecule has 1 N–H and O–H groups in total. The maximum absolute atomic E-state index is 11.3. The fourth-order valence-electron chi connectivity index (χ4n) is 2.15. The average Bonchev–Trinajstić information content (AvgIpc) is 3.22. The number of ether oxygens (including phenoxy) is 1. The molecular formula is C14H15ClO3. The largest absolute Gasteiger partial charge is 0.492 e. The van der Waals surface area contributed by atoms with Crippen molar-refractivity contribution in [3.05, 3.63) is 28.8 Å². The van der Waals surface area contributed by atoms with Crippen molar-refractivity contribution in [3.63, 3.8) is 0 Å². The van der Waals surface area contributed by atoms with Crippen LogP contribution >= 0.6 is 11.6 Å². The van der Waals surface area contributed by atoms with Crippen LogP contribution in [0.25, 0.3) is 0 Å². The van der Waals surface area contributed by atoms with Crippen molar-refractivity contribution in [2.24, 2.45) is 5.92 Å². The number of carboxylic acid groups (broad SMARTS) is 1. The van der Waals surface area contributed by atoms with Crippen LogP contribution in [0.3, 0.4) is 0 Å². The Balaban J connectivity index is 1.83. The van der Waals surface area contributed by atoms with E-state index >= 15 is 0 Å². The number of rotatable bonds is 5. The van der Waals surface area contributed by atoms with E-state index in [-0.39, 0.29) is 0 Å². The summed E-state index contributed by atoms with van der Waals surface area (Å²) >= 11 is 6.08. The molecule has 1 aromatic carbocycles. The molecule has 3 rings (SSSR count). The molecule has 2 saturated carbocycles. The van der Waals surface area contributed by atoms with Crippen molar-refractivity contribution in [1.82, 2.24) is 0 Å². The van der Waals surface area contributed by atoms with Crippen LogP contribution in [0.15, 0.2) is 18.2 Å². The number of halogens is 1. The van der Waals surface area contributed by atoms with Gasteiger partial charge in [-0.3, -0.25) is 4.79 Å². The maximum Gasteiger partial charge on any atom is 0.314 e. The smallest absolute Gasteiger partial charge is 0.314 e. The zero-order valence-corrected chi connectivity index (χ0v) is 10.7. The third-order valence-electron chi connectivity index (χ3n) is 3.81. The molecule has 18 heavy (non-hydrogen) atoms. The molecule has 0 spiro atoms. The Morgan fingerprint density at radius 2 is 2.17 bits per heavy atom. The summed E-state index contributed by atoms with van der Waals surface area (Å²) in [5.74, 6) is 0.519. The molecule has 0 radical (unpaired) electrons. The lowest BCUT2D eigenvalue weighted by Crippen LogP contribution is -2.19. The van der Waals surface area contributed by atoms with Crippen molar-refractivity contribution < 1.29 is 14.6 Å². The summed E-state index contributed by atoms with van der Waals surface area (Å²) < 4.78 is 5.68. The van der Waals surface area contributed by atoms with E-state index < -0.39 is 11.4 Å². The third-order valence-corrected chi connectivity index (χ3v) is 4.13. The van der Waals surface area contributed by atoms with Gasteiger partial charge in [-0.25, -0.2) is 0 Å². The van der Waals surface area contributed by atoms with Crippen molar-refractivity contribution >= 4 is 17.6 Å². The summed E-state index contributed by atoms with van der Waals surface area (Å²) in [5, 5.41) is 9.83. The fraction of sp³-hybridized carbons (Fsp3) is 0.500. The van der Waals surface area contributed by atoms with Gasteiger partial charge in [0.15, 0.2) is 0 Å². The second kappa shape index (κ2) is 4.16. The second-order valence-electron chi connectivity index (χ2n) is 5.29. The zero-order valence-electron chi connectivity index (χ0n) is 9.99. The predicted molar refractivity (Wildman–Crippen MR) is 68.2 cm³/mol. The van der Waals surface area contributed by atoms with Crippen LogP contribution in [0, 0.1) is 5.92 Å². The highest BCUT2D eigenvalue weighted by molar-refractivity contribution is 6.32. The number of hydrogen-bond acceptors (Lipinski definition) is 2. The van der Waals surface area contributed by atoms with Crippen molar-refractivity contribution in [1.29, 1.82) is 0 Å². The van der Waals surface area contributed by atoms with Gasteiger partial charge >= 0.3 is 5.97 Å². The van der Waals surface area contributed by atoms with Crippen molar-refractivity contribution in [2.45, 2.75) is 31.1 Å². The summed E-state index contributed by atoms with van der Waals surface area (Å²) in [6.45, 7) is 0.684. The number of carboxylic acids is 1. The average molecular weight is 267 g/mol. The zero-order chi connectivity index (χ0) is 12.8. The van der Waals surface area contributed by atoms with Crippen LogP contribution in [0.4, 0.5) is 0 Å². The molecule has 1 aromatic rings. The van der Waals surface area contributed by atoms with E-state index in [1.165, 1.54) is 12.8 Å². The molecule has 2 fully saturated rings. The number of carbonyl (C=O) groups is 1. The highest BCUT2D eigenvalue weighted by atomic mass is 35.5. The molecular weight excluding hydrogens is 252 g/mol. The van der Waals surface area contributed by atoms with Gasteiger partial charge in [0.1, 0.15) is 5.75 Å². The molecule has 4 heteroatoms. The van der Waals surface area contributed by atoms with Gasteiger partial charge in [-0.15, -0.1) is 0 Å². The molecule has 0 bridgehead atoms. The molecule has 0 unspecified atom stereocenters. The van der Waals surface area contributed by atoms with Gasteiger partial charge in [0.2, 0.25) is 0 Å². The number of hydrogen-bond donors (Lipinski definition) is 1. The van der Waals surface area contributed by atoms with E-state index in [4.69, 9.17) is 16.3 Å². The van der Waals surface area contributed by atoms with Crippen LogP contribution in [-0.2, 0) is 10.2 Å². The first kappa shape index (κ1) is 11.8. The van der Waals surface area contributed by atoms with Gasteiger partial charge in [-0.1, -0.05) is 17.7 Å². The lowest BCUT2D eigenvalue weighted by atomic mass is 9.96. The van der Waals surface area contributed by atoms with Gasteiger partial charge in [0.05, 0.1) is 17.0 Å². The fourth-order valence-corrected chi connectivity index (χ4v) is 2.33. The highest BCUT2D eigenvalue weighted by Gasteiger charge is 2.51. The molecule has 2 aliphatic rings. The van der Waals surface area contributed by atoms with E-state index in [1.54, 1.807) is 18.2 Å². The molecule has 0 atom stereocenters. The summed E-state index contributed by atoms with van der Waals surface area (Å²) in [7, 11) is 0. The van der Waals surface area contributed by atoms with E-state index in [0.717, 1.165) is 5.56 Å². The van der Waals surface area contributed by atoms with Crippen molar-refractivity contribution in [3.8, 4) is 5.75 Å². The first-order chi connectivity index (χ1) is 8.62. The summed E-state index contributed by atoms with van der Waals surface area (Å²) in [4.78, 5) is 11.3. The van der Waals surface area contributed by atoms with Gasteiger partial charge in [0.25, 0.3) is 0 Å². The molecule has 0 aromatic heterocycles. The molecule has 2 aliphatic carbocycles. The van der Waals surface area contributed by atoms with Crippen LogP contribution < -0.4 is 4.74 Å². The summed E-state index contributed by atoms with van der Waals surface area (Å²) in [6.07, 6.45) is 3.84. The number of benzene rings is 1. The van der Waals surface area contributed by atoms with Crippen LogP contribution in [-0.4, -0.2) is 17.7 Å². The summed E-state index contributed by atoms with van der Waals surface area (Å²) in [6, 6.07) is 5.33. The van der Waals surface area contributed by atoms with E-state index in [1.807, 2.05) is 0 Å². The highest BCUT2D eigenvalue weighted by Crippen LogP contribution is 2.49. The Labute approximate surface area is 111 Å². The molecule has 0 aliphatic heterocycles. The Kier molecular flexibility index (Phi) is 2.74. The normalized spacial score (nSPS) is 20.5. The third kappa shape index (κ3) is 2.07. The second-order valence-corrected chi connectivity index (χ2v) is 5.69. The monoisotopic (exact) mass is 266 g/mol. The van der Waals surface area contributed by atoms with Gasteiger partial charge in [0, 0.05) is 0 Å². The predicted octanol–water partition coefficient (Wildman–Crippen LogP) is 3.25. The van der Waals surface area contributed by atoms with Gasteiger partial charge in [-0.05, 0) is 49.3 Å². The van der Waals surface area contributed by atoms with Gasteiger partial charge < -0.3 is 9.84 Å². The maximum atomic E-state index is 11.3.